The number of nitro groups is 1. The fourth-order valence-electron chi connectivity index (χ4n) is 4.64. The Kier molecular flexibility index (Phi) is 5.67. The van der Waals surface area contributed by atoms with Gasteiger partial charge in [0.05, 0.1) is 16.2 Å². The largest absolute Gasteiger partial charge is 0.355 e. The van der Waals surface area contributed by atoms with Gasteiger partial charge in [-0.25, -0.2) is 4.98 Å². The van der Waals surface area contributed by atoms with Crippen LogP contribution in [0.3, 0.4) is 0 Å². The minimum Gasteiger partial charge on any atom is -0.355 e. The molecule has 9 heteroatoms. The summed E-state index contributed by atoms with van der Waals surface area (Å²) in [6, 6.07) is 15.0. The SMILES string of the molecule is Cn1c(-c2ccncc2)c(C(=O)N2CCCN(c3ccc([N+](=O)[O-])cn3)CC2)c2ccccc21. The van der Waals surface area contributed by atoms with Gasteiger partial charge in [0.25, 0.3) is 11.6 Å². The number of hydrogen-bond acceptors (Lipinski definition) is 6. The fraction of sp³-hybridized carbons (Fsp3) is 0.240. The first-order chi connectivity index (χ1) is 16.5. The summed E-state index contributed by atoms with van der Waals surface area (Å²) in [5.41, 5.74) is 3.50. The lowest BCUT2D eigenvalue weighted by molar-refractivity contribution is -0.385. The number of aromatic nitrogens is 3. The zero-order valence-electron chi connectivity index (χ0n) is 18.8. The number of fused-ring (bicyclic) bond motifs is 1. The van der Waals surface area contributed by atoms with Crippen molar-refractivity contribution in [2.45, 2.75) is 6.42 Å². The van der Waals surface area contributed by atoms with Crippen molar-refractivity contribution in [3.63, 3.8) is 0 Å². The number of carbonyl (C=O) groups is 1. The minimum absolute atomic E-state index is 0.00196. The Morgan fingerprint density at radius 1 is 1.00 bits per heavy atom. The van der Waals surface area contributed by atoms with Gasteiger partial charge in [-0.1, -0.05) is 18.2 Å². The maximum atomic E-state index is 13.9. The third-order valence-electron chi connectivity index (χ3n) is 6.32. The van der Waals surface area contributed by atoms with Gasteiger partial charge in [0, 0.05) is 68.2 Å². The zero-order chi connectivity index (χ0) is 23.7. The van der Waals surface area contributed by atoms with Gasteiger partial charge in [0.1, 0.15) is 12.0 Å². The van der Waals surface area contributed by atoms with Crippen molar-refractivity contribution >= 4 is 28.3 Å². The van der Waals surface area contributed by atoms with Crippen LogP contribution in [0.1, 0.15) is 16.8 Å². The molecule has 1 fully saturated rings. The Labute approximate surface area is 196 Å². The highest BCUT2D eigenvalue weighted by atomic mass is 16.6. The van der Waals surface area contributed by atoms with Crippen LogP contribution in [0.4, 0.5) is 11.5 Å². The summed E-state index contributed by atoms with van der Waals surface area (Å²) >= 11 is 0. The van der Waals surface area contributed by atoms with Crippen molar-refractivity contribution in [3.8, 4) is 11.3 Å². The average molecular weight is 457 g/mol. The maximum Gasteiger partial charge on any atom is 0.287 e. The van der Waals surface area contributed by atoms with E-state index < -0.39 is 4.92 Å². The summed E-state index contributed by atoms with van der Waals surface area (Å²) in [6.07, 6.45) is 5.53. The van der Waals surface area contributed by atoms with Gasteiger partial charge in [-0.2, -0.15) is 0 Å². The van der Waals surface area contributed by atoms with Crippen LogP contribution in [0.15, 0.2) is 67.1 Å². The molecule has 5 rings (SSSR count). The Hall–Kier alpha value is -4.27. The van der Waals surface area contributed by atoms with E-state index in [-0.39, 0.29) is 11.6 Å². The highest BCUT2D eigenvalue weighted by Crippen LogP contribution is 2.34. The Bertz CT molecular complexity index is 1350. The molecular formula is C25H24N6O3. The van der Waals surface area contributed by atoms with E-state index in [4.69, 9.17) is 0 Å². The first-order valence-corrected chi connectivity index (χ1v) is 11.2. The number of amides is 1. The Morgan fingerprint density at radius 2 is 1.79 bits per heavy atom. The van der Waals surface area contributed by atoms with Crippen LogP contribution in [0.2, 0.25) is 0 Å². The first-order valence-electron chi connectivity index (χ1n) is 11.2. The molecule has 3 aromatic heterocycles. The summed E-state index contributed by atoms with van der Waals surface area (Å²) < 4.78 is 2.07. The van der Waals surface area contributed by atoms with E-state index >= 15 is 0 Å². The highest BCUT2D eigenvalue weighted by molar-refractivity contribution is 6.12. The van der Waals surface area contributed by atoms with Gasteiger partial charge >= 0.3 is 0 Å². The van der Waals surface area contributed by atoms with Crippen molar-refractivity contribution in [1.82, 2.24) is 19.4 Å². The molecule has 0 aliphatic carbocycles. The fourth-order valence-corrected chi connectivity index (χ4v) is 4.64. The lowest BCUT2D eigenvalue weighted by Crippen LogP contribution is -2.35. The lowest BCUT2D eigenvalue weighted by Gasteiger charge is -2.23. The number of benzene rings is 1. The van der Waals surface area contributed by atoms with Gasteiger partial charge in [0.15, 0.2) is 0 Å². The molecule has 0 spiro atoms. The average Bonchev–Trinajstić information content (AvgIpc) is 3.01. The summed E-state index contributed by atoms with van der Waals surface area (Å²) in [4.78, 5) is 36.8. The monoisotopic (exact) mass is 456 g/mol. The number of para-hydroxylation sites is 1. The summed E-state index contributed by atoms with van der Waals surface area (Å²) in [6.45, 7) is 2.49. The number of nitrogens with zero attached hydrogens (tertiary/aromatic N) is 6. The predicted octanol–water partition coefficient (Wildman–Crippen LogP) is 3.90. The number of rotatable bonds is 4. The van der Waals surface area contributed by atoms with E-state index in [1.807, 2.05) is 48.3 Å². The molecule has 1 aliphatic rings. The Morgan fingerprint density at radius 3 is 2.53 bits per heavy atom. The van der Waals surface area contributed by atoms with Crippen LogP contribution in [-0.4, -0.2) is 56.4 Å². The number of hydrogen-bond donors (Lipinski definition) is 0. The van der Waals surface area contributed by atoms with E-state index in [1.165, 1.54) is 12.3 Å². The van der Waals surface area contributed by atoms with E-state index in [0.717, 1.165) is 35.1 Å². The van der Waals surface area contributed by atoms with Crippen molar-refractivity contribution in [2.24, 2.45) is 7.05 Å². The van der Waals surface area contributed by atoms with Gasteiger partial charge in [-0.3, -0.25) is 19.9 Å². The second-order valence-electron chi connectivity index (χ2n) is 8.30. The van der Waals surface area contributed by atoms with Gasteiger partial charge in [-0.15, -0.1) is 0 Å². The third kappa shape index (κ3) is 3.85. The molecule has 0 bridgehead atoms. The number of carbonyl (C=O) groups excluding carboxylic acids is 1. The molecule has 1 aromatic carbocycles. The minimum atomic E-state index is -0.454. The van der Waals surface area contributed by atoms with Crippen LogP contribution >= 0.6 is 0 Å². The molecule has 0 saturated carbocycles. The Balaban J connectivity index is 1.45. The molecule has 172 valence electrons. The predicted molar refractivity (Wildman–Crippen MR) is 130 cm³/mol. The van der Waals surface area contributed by atoms with Gasteiger partial charge in [-0.05, 0) is 30.7 Å². The maximum absolute atomic E-state index is 13.9. The molecule has 1 saturated heterocycles. The van der Waals surface area contributed by atoms with E-state index in [0.29, 0.717) is 31.0 Å². The van der Waals surface area contributed by atoms with Crippen molar-refractivity contribution in [2.75, 3.05) is 31.1 Å². The molecule has 0 N–H and O–H groups in total. The summed E-state index contributed by atoms with van der Waals surface area (Å²) in [5.74, 6) is 0.685. The second-order valence-corrected chi connectivity index (χ2v) is 8.30. The quantitative estimate of drug-likeness (QED) is 0.341. The molecule has 4 heterocycles. The van der Waals surface area contributed by atoms with Crippen LogP contribution in [0.5, 0.6) is 0 Å². The van der Waals surface area contributed by atoms with Crippen molar-refractivity contribution in [1.29, 1.82) is 0 Å². The topological polar surface area (TPSA) is 97.4 Å². The molecule has 34 heavy (non-hydrogen) atoms. The molecule has 1 amide bonds. The molecule has 0 radical (unpaired) electrons. The van der Waals surface area contributed by atoms with Gasteiger partial charge in [0.2, 0.25) is 0 Å². The van der Waals surface area contributed by atoms with Crippen LogP contribution in [0, 0.1) is 10.1 Å². The summed E-state index contributed by atoms with van der Waals surface area (Å²) in [7, 11) is 1.99. The number of aryl methyl sites for hydroxylation is 1. The van der Waals surface area contributed by atoms with E-state index in [1.54, 1.807) is 18.5 Å². The molecule has 0 atom stereocenters. The van der Waals surface area contributed by atoms with Crippen LogP contribution in [0.25, 0.3) is 22.2 Å². The normalized spacial score (nSPS) is 14.3. The van der Waals surface area contributed by atoms with Crippen LogP contribution in [-0.2, 0) is 7.05 Å². The number of anilines is 1. The lowest BCUT2D eigenvalue weighted by atomic mass is 10.0. The second kappa shape index (κ2) is 8.93. The smallest absolute Gasteiger partial charge is 0.287 e. The molecule has 4 aromatic rings. The molecule has 9 nitrogen and oxygen atoms in total. The molecular weight excluding hydrogens is 432 g/mol. The third-order valence-corrected chi connectivity index (χ3v) is 6.32. The van der Waals surface area contributed by atoms with Gasteiger partial charge < -0.3 is 14.4 Å². The van der Waals surface area contributed by atoms with E-state index in [2.05, 4.69) is 19.4 Å². The number of pyridine rings is 2. The van der Waals surface area contributed by atoms with Crippen molar-refractivity contribution < 1.29 is 9.72 Å². The first kappa shape index (κ1) is 21.6. The standard InChI is InChI=1S/C25H24N6O3/c1-28-21-6-3-2-5-20(21)23(24(28)18-9-11-26-12-10-18)25(32)30-14-4-13-29(15-16-30)22-8-7-19(17-27-22)31(33)34/h2-3,5-12,17H,4,13-16H2,1H3. The summed E-state index contributed by atoms with van der Waals surface area (Å²) in [5, 5.41) is 11.9. The molecule has 0 unspecified atom stereocenters. The van der Waals surface area contributed by atoms with Crippen molar-refractivity contribution in [3.05, 3.63) is 82.8 Å². The van der Waals surface area contributed by atoms with E-state index in [9.17, 15) is 14.9 Å². The highest BCUT2D eigenvalue weighted by Gasteiger charge is 2.28. The molecule has 1 aliphatic heterocycles. The zero-order valence-corrected chi connectivity index (χ0v) is 18.8. The van der Waals surface area contributed by atoms with Crippen LogP contribution < -0.4 is 4.90 Å².